The SMILES string of the molecule is NC(COc1ccc(Cl)cc1)c1cccc2cccnc12. The van der Waals surface area contributed by atoms with E-state index in [0.29, 0.717) is 11.6 Å². The van der Waals surface area contributed by atoms with Gasteiger partial charge in [0, 0.05) is 16.6 Å². The molecule has 0 aliphatic rings. The van der Waals surface area contributed by atoms with E-state index in [1.165, 1.54) is 0 Å². The number of pyridine rings is 1. The van der Waals surface area contributed by atoms with Gasteiger partial charge in [0.1, 0.15) is 12.4 Å². The predicted octanol–water partition coefficient (Wildman–Crippen LogP) is 3.97. The first kappa shape index (κ1) is 13.9. The van der Waals surface area contributed by atoms with Gasteiger partial charge in [0.15, 0.2) is 0 Å². The Morgan fingerprint density at radius 3 is 2.62 bits per heavy atom. The van der Waals surface area contributed by atoms with Gasteiger partial charge >= 0.3 is 0 Å². The van der Waals surface area contributed by atoms with E-state index in [-0.39, 0.29) is 6.04 Å². The Kier molecular flexibility index (Phi) is 4.04. The van der Waals surface area contributed by atoms with Gasteiger partial charge in [-0.2, -0.15) is 0 Å². The zero-order valence-electron chi connectivity index (χ0n) is 11.4. The van der Waals surface area contributed by atoms with Crippen LogP contribution in [-0.4, -0.2) is 11.6 Å². The smallest absolute Gasteiger partial charge is 0.119 e. The first-order chi connectivity index (χ1) is 10.2. The third kappa shape index (κ3) is 3.15. The Morgan fingerprint density at radius 2 is 1.81 bits per heavy atom. The number of nitrogens with zero attached hydrogens (tertiary/aromatic N) is 1. The van der Waals surface area contributed by atoms with Gasteiger partial charge in [-0.1, -0.05) is 35.9 Å². The van der Waals surface area contributed by atoms with Crippen molar-refractivity contribution < 1.29 is 4.74 Å². The summed E-state index contributed by atoms with van der Waals surface area (Å²) in [5.74, 6) is 0.753. The second-order valence-corrected chi connectivity index (χ2v) is 5.23. The molecule has 4 heteroatoms. The van der Waals surface area contributed by atoms with Gasteiger partial charge in [-0.25, -0.2) is 0 Å². The monoisotopic (exact) mass is 298 g/mol. The number of para-hydroxylation sites is 1. The van der Waals surface area contributed by atoms with E-state index in [1.807, 2.05) is 42.5 Å². The molecule has 0 radical (unpaired) electrons. The van der Waals surface area contributed by atoms with Crippen molar-refractivity contribution in [2.75, 3.05) is 6.61 Å². The van der Waals surface area contributed by atoms with Crippen LogP contribution in [0.1, 0.15) is 11.6 Å². The number of fused-ring (bicyclic) bond motifs is 1. The molecular formula is C17H15ClN2O. The molecule has 1 unspecified atom stereocenters. The molecule has 0 aliphatic heterocycles. The molecule has 0 spiro atoms. The maximum Gasteiger partial charge on any atom is 0.119 e. The van der Waals surface area contributed by atoms with Gasteiger partial charge in [-0.3, -0.25) is 4.98 Å². The summed E-state index contributed by atoms with van der Waals surface area (Å²) in [6.07, 6.45) is 1.78. The van der Waals surface area contributed by atoms with Crippen molar-refractivity contribution in [3.05, 3.63) is 71.4 Å². The number of hydrogen-bond acceptors (Lipinski definition) is 3. The highest BCUT2D eigenvalue weighted by molar-refractivity contribution is 6.30. The van der Waals surface area contributed by atoms with Crippen LogP contribution >= 0.6 is 11.6 Å². The lowest BCUT2D eigenvalue weighted by molar-refractivity contribution is 0.291. The molecule has 0 saturated heterocycles. The number of hydrogen-bond donors (Lipinski definition) is 1. The highest BCUT2D eigenvalue weighted by Crippen LogP contribution is 2.22. The number of benzene rings is 2. The van der Waals surface area contributed by atoms with Gasteiger partial charge in [0.25, 0.3) is 0 Å². The van der Waals surface area contributed by atoms with Crippen LogP contribution in [0, 0.1) is 0 Å². The minimum atomic E-state index is -0.237. The van der Waals surface area contributed by atoms with Crippen molar-refractivity contribution in [2.24, 2.45) is 5.73 Å². The molecule has 1 atom stereocenters. The molecule has 0 fully saturated rings. The van der Waals surface area contributed by atoms with Crippen molar-refractivity contribution in [3.8, 4) is 5.75 Å². The molecule has 21 heavy (non-hydrogen) atoms. The second kappa shape index (κ2) is 6.12. The van der Waals surface area contributed by atoms with Gasteiger partial charge in [-0.05, 0) is 35.9 Å². The van der Waals surface area contributed by atoms with E-state index in [1.54, 1.807) is 18.3 Å². The Hall–Kier alpha value is -2.10. The molecule has 0 amide bonds. The number of aromatic nitrogens is 1. The van der Waals surface area contributed by atoms with Crippen molar-refractivity contribution in [1.82, 2.24) is 4.98 Å². The first-order valence-corrected chi connectivity index (χ1v) is 7.09. The third-order valence-corrected chi connectivity index (χ3v) is 3.56. The average Bonchev–Trinajstić information content (AvgIpc) is 2.53. The lowest BCUT2D eigenvalue weighted by atomic mass is 10.0. The molecule has 3 rings (SSSR count). The van der Waals surface area contributed by atoms with Crippen LogP contribution in [0.15, 0.2) is 60.8 Å². The topological polar surface area (TPSA) is 48.1 Å². The summed E-state index contributed by atoms with van der Waals surface area (Å²) in [6.45, 7) is 0.386. The second-order valence-electron chi connectivity index (χ2n) is 4.79. The molecule has 2 N–H and O–H groups in total. The van der Waals surface area contributed by atoms with Crippen LogP contribution in [0.25, 0.3) is 10.9 Å². The fraction of sp³-hybridized carbons (Fsp3) is 0.118. The Bertz CT molecular complexity index is 738. The molecule has 106 valence electrons. The minimum Gasteiger partial charge on any atom is -0.492 e. The van der Waals surface area contributed by atoms with Crippen LogP contribution in [-0.2, 0) is 0 Å². The molecule has 3 aromatic rings. The van der Waals surface area contributed by atoms with E-state index in [4.69, 9.17) is 22.1 Å². The summed E-state index contributed by atoms with van der Waals surface area (Å²) in [6, 6.07) is 17.0. The molecular weight excluding hydrogens is 284 g/mol. The predicted molar refractivity (Wildman–Crippen MR) is 85.6 cm³/mol. The van der Waals surface area contributed by atoms with E-state index in [9.17, 15) is 0 Å². The van der Waals surface area contributed by atoms with Crippen LogP contribution in [0.2, 0.25) is 5.02 Å². The quantitative estimate of drug-likeness (QED) is 0.793. The zero-order valence-corrected chi connectivity index (χ0v) is 12.1. The fourth-order valence-corrected chi connectivity index (χ4v) is 2.36. The highest BCUT2D eigenvalue weighted by atomic mass is 35.5. The molecule has 2 aromatic carbocycles. The zero-order chi connectivity index (χ0) is 14.7. The lowest BCUT2D eigenvalue weighted by Crippen LogP contribution is -2.19. The normalized spacial score (nSPS) is 12.3. The van der Waals surface area contributed by atoms with Crippen molar-refractivity contribution in [3.63, 3.8) is 0 Å². The Morgan fingerprint density at radius 1 is 1.05 bits per heavy atom. The van der Waals surface area contributed by atoms with E-state index >= 15 is 0 Å². The van der Waals surface area contributed by atoms with Crippen LogP contribution in [0.5, 0.6) is 5.75 Å². The molecule has 1 aromatic heterocycles. The lowest BCUT2D eigenvalue weighted by Gasteiger charge is -2.15. The molecule has 0 aliphatic carbocycles. The summed E-state index contributed by atoms with van der Waals surface area (Å²) < 4.78 is 5.71. The van der Waals surface area contributed by atoms with Crippen molar-refractivity contribution in [1.29, 1.82) is 0 Å². The summed E-state index contributed by atoms with van der Waals surface area (Å²) >= 11 is 5.85. The Labute approximate surface area is 128 Å². The average molecular weight is 299 g/mol. The largest absolute Gasteiger partial charge is 0.492 e. The summed E-state index contributed by atoms with van der Waals surface area (Å²) in [5.41, 5.74) is 8.16. The van der Waals surface area contributed by atoms with Gasteiger partial charge in [-0.15, -0.1) is 0 Å². The van der Waals surface area contributed by atoms with Crippen LogP contribution < -0.4 is 10.5 Å². The summed E-state index contributed by atoms with van der Waals surface area (Å²) in [7, 11) is 0. The summed E-state index contributed by atoms with van der Waals surface area (Å²) in [4.78, 5) is 4.42. The minimum absolute atomic E-state index is 0.237. The van der Waals surface area contributed by atoms with E-state index in [0.717, 1.165) is 22.2 Å². The van der Waals surface area contributed by atoms with Gasteiger partial charge in [0.05, 0.1) is 11.6 Å². The van der Waals surface area contributed by atoms with E-state index in [2.05, 4.69) is 4.98 Å². The molecule has 3 nitrogen and oxygen atoms in total. The Balaban J connectivity index is 1.78. The number of nitrogens with two attached hydrogens (primary N) is 1. The summed E-state index contributed by atoms with van der Waals surface area (Å²) in [5, 5.41) is 1.77. The van der Waals surface area contributed by atoms with E-state index < -0.39 is 0 Å². The van der Waals surface area contributed by atoms with Crippen LogP contribution in [0.3, 0.4) is 0 Å². The third-order valence-electron chi connectivity index (χ3n) is 3.31. The van der Waals surface area contributed by atoms with Gasteiger partial charge in [0.2, 0.25) is 0 Å². The molecule has 0 bridgehead atoms. The molecule has 1 heterocycles. The standard InChI is InChI=1S/C17H15ClN2O/c18-13-6-8-14(9-7-13)21-11-16(19)15-5-1-3-12-4-2-10-20-17(12)15/h1-10,16H,11,19H2. The number of rotatable bonds is 4. The van der Waals surface area contributed by atoms with Crippen LogP contribution in [0.4, 0.5) is 0 Å². The highest BCUT2D eigenvalue weighted by Gasteiger charge is 2.11. The van der Waals surface area contributed by atoms with Crippen molar-refractivity contribution >= 4 is 22.5 Å². The number of halogens is 1. The molecule has 0 saturated carbocycles. The maximum absolute atomic E-state index is 6.25. The maximum atomic E-state index is 6.25. The van der Waals surface area contributed by atoms with Gasteiger partial charge < -0.3 is 10.5 Å². The fourth-order valence-electron chi connectivity index (χ4n) is 2.23. The van der Waals surface area contributed by atoms with Crippen molar-refractivity contribution in [2.45, 2.75) is 6.04 Å². The number of ether oxygens (including phenoxy) is 1. The first-order valence-electron chi connectivity index (χ1n) is 6.71.